The van der Waals surface area contributed by atoms with Crippen LogP contribution >= 0.6 is 11.8 Å². The number of hydrogen-bond donors (Lipinski definition) is 1. The highest BCUT2D eigenvalue weighted by atomic mass is 32.2. The Morgan fingerprint density at radius 3 is 2.89 bits per heavy atom. The first-order valence-corrected chi connectivity index (χ1v) is 7.67. The highest BCUT2D eigenvalue weighted by Gasteiger charge is 2.28. The van der Waals surface area contributed by atoms with Crippen molar-refractivity contribution in [1.29, 1.82) is 0 Å². The fourth-order valence-electron chi connectivity index (χ4n) is 2.52. The maximum atomic E-state index is 5.25. The topological polar surface area (TPSA) is 21.3 Å². The van der Waals surface area contributed by atoms with Gasteiger partial charge in [0.2, 0.25) is 0 Å². The van der Waals surface area contributed by atoms with E-state index >= 15 is 0 Å². The highest BCUT2D eigenvalue weighted by Crippen LogP contribution is 2.35. The summed E-state index contributed by atoms with van der Waals surface area (Å²) < 4.78 is 5.25. The van der Waals surface area contributed by atoms with Gasteiger partial charge < -0.3 is 10.1 Å². The van der Waals surface area contributed by atoms with Crippen LogP contribution in [-0.2, 0) is 11.3 Å². The SMILES string of the molecule is COCc1ccccc1NC1CSCC(C)(C)C1. The summed E-state index contributed by atoms with van der Waals surface area (Å²) in [7, 11) is 1.75. The minimum absolute atomic E-state index is 0.441. The van der Waals surface area contributed by atoms with Gasteiger partial charge in [-0.25, -0.2) is 0 Å². The summed E-state index contributed by atoms with van der Waals surface area (Å²) in [4.78, 5) is 0. The van der Waals surface area contributed by atoms with Gasteiger partial charge in [0, 0.05) is 30.2 Å². The number of benzene rings is 1. The average molecular weight is 265 g/mol. The molecule has 2 rings (SSSR count). The number of methoxy groups -OCH3 is 1. The minimum atomic E-state index is 0.441. The standard InChI is InChI=1S/C15H23NOS/c1-15(2)8-13(10-18-11-15)16-14-7-5-4-6-12(14)9-17-3/h4-7,13,16H,8-11H2,1-3H3. The zero-order chi connectivity index (χ0) is 13.0. The molecule has 0 bridgehead atoms. The van der Waals surface area contributed by atoms with Crippen molar-refractivity contribution < 1.29 is 4.74 Å². The molecule has 1 aromatic carbocycles. The Labute approximate surface area is 114 Å². The molecule has 1 saturated heterocycles. The third-order valence-electron chi connectivity index (χ3n) is 3.29. The zero-order valence-corrected chi connectivity index (χ0v) is 12.3. The first-order valence-electron chi connectivity index (χ1n) is 6.52. The molecule has 0 saturated carbocycles. The van der Waals surface area contributed by atoms with Gasteiger partial charge in [-0.05, 0) is 23.7 Å². The van der Waals surface area contributed by atoms with Gasteiger partial charge in [0.15, 0.2) is 0 Å². The second-order valence-electron chi connectivity index (χ2n) is 5.81. The fourth-order valence-corrected chi connectivity index (χ4v) is 3.79. The van der Waals surface area contributed by atoms with E-state index in [4.69, 9.17) is 4.74 Å². The van der Waals surface area contributed by atoms with Gasteiger partial charge >= 0.3 is 0 Å². The van der Waals surface area contributed by atoms with E-state index in [1.807, 2.05) is 0 Å². The Morgan fingerprint density at radius 2 is 2.17 bits per heavy atom. The maximum Gasteiger partial charge on any atom is 0.0733 e. The number of thioether (sulfide) groups is 1. The third kappa shape index (κ3) is 3.66. The molecule has 1 N–H and O–H groups in total. The lowest BCUT2D eigenvalue weighted by Crippen LogP contribution is -2.35. The molecule has 18 heavy (non-hydrogen) atoms. The Morgan fingerprint density at radius 1 is 1.39 bits per heavy atom. The molecule has 0 radical (unpaired) electrons. The average Bonchev–Trinajstić information content (AvgIpc) is 2.31. The number of hydrogen-bond acceptors (Lipinski definition) is 3. The molecule has 0 aliphatic carbocycles. The summed E-state index contributed by atoms with van der Waals surface area (Å²) >= 11 is 2.05. The summed E-state index contributed by atoms with van der Waals surface area (Å²) in [6.07, 6.45) is 1.24. The smallest absolute Gasteiger partial charge is 0.0733 e. The normalized spacial score (nSPS) is 22.7. The van der Waals surface area contributed by atoms with Crippen molar-refractivity contribution in [2.45, 2.75) is 32.9 Å². The Bertz CT molecular complexity index is 392. The molecule has 3 heteroatoms. The van der Waals surface area contributed by atoms with Gasteiger partial charge in [-0.1, -0.05) is 32.0 Å². The van der Waals surface area contributed by atoms with Crippen molar-refractivity contribution in [3.63, 3.8) is 0 Å². The van der Waals surface area contributed by atoms with Crippen LogP contribution in [0.3, 0.4) is 0 Å². The van der Waals surface area contributed by atoms with E-state index in [1.165, 1.54) is 29.2 Å². The Hall–Kier alpha value is -0.670. The van der Waals surface area contributed by atoms with Gasteiger partial charge in [-0.15, -0.1) is 0 Å². The third-order valence-corrected chi connectivity index (χ3v) is 4.91. The van der Waals surface area contributed by atoms with Crippen LogP contribution in [0.2, 0.25) is 0 Å². The van der Waals surface area contributed by atoms with E-state index < -0.39 is 0 Å². The zero-order valence-electron chi connectivity index (χ0n) is 11.5. The van der Waals surface area contributed by atoms with E-state index in [1.54, 1.807) is 7.11 Å². The van der Waals surface area contributed by atoms with Crippen LogP contribution < -0.4 is 5.32 Å². The van der Waals surface area contributed by atoms with Crippen LogP contribution in [0, 0.1) is 5.41 Å². The molecule has 1 aliphatic rings. The summed E-state index contributed by atoms with van der Waals surface area (Å²) in [6.45, 7) is 5.39. The van der Waals surface area contributed by atoms with E-state index in [9.17, 15) is 0 Å². The van der Waals surface area contributed by atoms with Crippen LogP contribution in [0.1, 0.15) is 25.8 Å². The van der Waals surface area contributed by atoms with Crippen LogP contribution in [-0.4, -0.2) is 24.7 Å². The molecule has 1 aromatic rings. The van der Waals surface area contributed by atoms with Gasteiger partial charge in [0.1, 0.15) is 0 Å². The molecule has 0 aromatic heterocycles. The van der Waals surface area contributed by atoms with Gasteiger partial charge in [0.25, 0.3) is 0 Å². The monoisotopic (exact) mass is 265 g/mol. The first kappa shape index (κ1) is 13.8. The molecule has 1 fully saturated rings. The molecule has 0 spiro atoms. The second kappa shape index (κ2) is 5.98. The number of anilines is 1. The van der Waals surface area contributed by atoms with E-state index in [2.05, 4.69) is 55.2 Å². The molecule has 100 valence electrons. The molecule has 1 aliphatic heterocycles. The predicted molar refractivity (Wildman–Crippen MR) is 80.3 cm³/mol. The quantitative estimate of drug-likeness (QED) is 0.895. The first-order chi connectivity index (χ1) is 8.61. The number of rotatable bonds is 4. The van der Waals surface area contributed by atoms with E-state index in [-0.39, 0.29) is 0 Å². The Kier molecular flexibility index (Phi) is 4.57. The molecule has 1 unspecified atom stereocenters. The van der Waals surface area contributed by atoms with Crippen molar-refractivity contribution in [1.82, 2.24) is 0 Å². The summed E-state index contributed by atoms with van der Waals surface area (Å²) in [6, 6.07) is 9.01. The molecular formula is C15H23NOS. The maximum absolute atomic E-state index is 5.25. The highest BCUT2D eigenvalue weighted by molar-refractivity contribution is 7.99. The molecule has 2 nitrogen and oxygen atoms in total. The number of ether oxygens (including phenoxy) is 1. The molecule has 1 heterocycles. The van der Waals surface area contributed by atoms with Crippen molar-refractivity contribution in [3.8, 4) is 0 Å². The number of nitrogens with one attached hydrogen (secondary N) is 1. The fraction of sp³-hybridized carbons (Fsp3) is 0.600. The van der Waals surface area contributed by atoms with Crippen molar-refractivity contribution in [2.75, 3.05) is 23.9 Å². The lowest BCUT2D eigenvalue weighted by atomic mass is 9.87. The molecule has 0 amide bonds. The lowest BCUT2D eigenvalue weighted by Gasteiger charge is -2.36. The van der Waals surface area contributed by atoms with E-state index in [0.717, 1.165) is 0 Å². The largest absolute Gasteiger partial charge is 0.381 e. The van der Waals surface area contributed by atoms with Crippen LogP contribution in [0.25, 0.3) is 0 Å². The van der Waals surface area contributed by atoms with Crippen molar-refractivity contribution in [3.05, 3.63) is 29.8 Å². The second-order valence-corrected chi connectivity index (χ2v) is 6.85. The molecule has 1 atom stereocenters. The van der Waals surface area contributed by atoms with Crippen molar-refractivity contribution in [2.24, 2.45) is 5.41 Å². The van der Waals surface area contributed by atoms with Gasteiger partial charge in [0.05, 0.1) is 6.61 Å². The van der Waals surface area contributed by atoms with Crippen LogP contribution in [0.15, 0.2) is 24.3 Å². The van der Waals surface area contributed by atoms with Crippen LogP contribution in [0.4, 0.5) is 5.69 Å². The summed E-state index contributed by atoms with van der Waals surface area (Å²) in [5.74, 6) is 2.47. The molecular weight excluding hydrogens is 242 g/mol. The Balaban J connectivity index is 2.04. The lowest BCUT2D eigenvalue weighted by molar-refractivity contribution is 0.185. The van der Waals surface area contributed by atoms with Crippen molar-refractivity contribution >= 4 is 17.4 Å². The minimum Gasteiger partial charge on any atom is -0.381 e. The predicted octanol–water partition coefficient (Wildman–Crippen LogP) is 3.78. The van der Waals surface area contributed by atoms with E-state index in [0.29, 0.717) is 18.1 Å². The summed E-state index contributed by atoms with van der Waals surface area (Å²) in [5, 5.41) is 3.69. The summed E-state index contributed by atoms with van der Waals surface area (Å²) in [5.41, 5.74) is 2.91. The van der Waals surface area contributed by atoms with Crippen LogP contribution in [0.5, 0.6) is 0 Å². The van der Waals surface area contributed by atoms with Gasteiger partial charge in [-0.3, -0.25) is 0 Å². The van der Waals surface area contributed by atoms with Gasteiger partial charge in [-0.2, -0.15) is 11.8 Å². The number of para-hydroxylation sites is 1.